The van der Waals surface area contributed by atoms with Crippen LogP contribution in [0.3, 0.4) is 0 Å². The van der Waals surface area contributed by atoms with Crippen LogP contribution in [-0.4, -0.2) is 22.0 Å². The van der Waals surface area contributed by atoms with Crippen LogP contribution in [0.1, 0.15) is 27.2 Å². The maximum atomic E-state index is 11.0. The van der Waals surface area contributed by atoms with Gasteiger partial charge in [0.25, 0.3) is 5.69 Å². The lowest BCUT2D eigenvalue weighted by Crippen LogP contribution is -2.36. The normalized spacial score (nSPS) is 12.8. The second-order valence-electron chi connectivity index (χ2n) is 5.58. The van der Waals surface area contributed by atoms with Crippen molar-refractivity contribution in [3.63, 3.8) is 0 Å². The predicted octanol–water partition coefficient (Wildman–Crippen LogP) is 3.55. The van der Waals surface area contributed by atoms with Gasteiger partial charge in [-0.15, -0.1) is 0 Å². The molecule has 0 aliphatic carbocycles. The number of anilines is 1. The molecule has 0 spiro atoms. The summed E-state index contributed by atoms with van der Waals surface area (Å²) < 4.78 is 0. The molecule has 7 heteroatoms. The van der Waals surface area contributed by atoms with Crippen LogP contribution in [0.2, 0.25) is 5.02 Å². The Balaban J connectivity index is 3.13. The molecule has 1 atom stereocenters. The third-order valence-electron chi connectivity index (χ3n) is 2.91. The predicted molar refractivity (Wildman–Crippen MR) is 77.2 cm³/mol. The van der Waals surface area contributed by atoms with Crippen molar-refractivity contribution in [3.8, 4) is 0 Å². The second kappa shape index (κ2) is 6.09. The number of nitrogens with zero attached hydrogens (tertiary/aromatic N) is 1. The summed E-state index contributed by atoms with van der Waals surface area (Å²) in [6, 6.07) is 3.69. The van der Waals surface area contributed by atoms with E-state index in [1.165, 1.54) is 18.2 Å². The van der Waals surface area contributed by atoms with Crippen LogP contribution in [0.4, 0.5) is 11.4 Å². The molecule has 0 heterocycles. The minimum atomic E-state index is -0.970. The number of carboxylic acid groups (broad SMARTS) is 1. The summed E-state index contributed by atoms with van der Waals surface area (Å²) in [6.07, 6.45) is -0.146. The molecular weight excluding hydrogens is 284 g/mol. The van der Waals surface area contributed by atoms with Crippen molar-refractivity contribution in [2.24, 2.45) is 5.41 Å². The number of aliphatic carboxylic acids is 1. The van der Waals surface area contributed by atoms with Gasteiger partial charge in [-0.3, -0.25) is 14.9 Å². The molecule has 0 aromatic heterocycles. The number of hydrogen-bond acceptors (Lipinski definition) is 4. The molecule has 2 N–H and O–H groups in total. The van der Waals surface area contributed by atoms with Crippen LogP contribution in [0.15, 0.2) is 18.2 Å². The van der Waals surface area contributed by atoms with E-state index in [1.54, 1.807) is 0 Å². The summed E-state index contributed by atoms with van der Waals surface area (Å²) in [4.78, 5) is 21.4. The zero-order valence-electron chi connectivity index (χ0n) is 11.5. The number of carboxylic acids is 1. The number of benzene rings is 1. The van der Waals surface area contributed by atoms with E-state index in [4.69, 9.17) is 16.7 Å². The maximum absolute atomic E-state index is 11.0. The van der Waals surface area contributed by atoms with Crippen molar-refractivity contribution in [1.29, 1.82) is 0 Å². The smallest absolute Gasteiger partial charge is 0.305 e. The summed E-state index contributed by atoms with van der Waals surface area (Å²) in [5, 5.41) is 23.2. The van der Waals surface area contributed by atoms with Gasteiger partial charge in [0.2, 0.25) is 0 Å². The van der Waals surface area contributed by atoms with Gasteiger partial charge in [0.15, 0.2) is 0 Å². The summed E-state index contributed by atoms with van der Waals surface area (Å²) in [5.74, 6) is -0.970. The Kier molecular flexibility index (Phi) is 4.94. The second-order valence-corrected chi connectivity index (χ2v) is 6.02. The number of carbonyl (C=O) groups is 1. The average Bonchev–Trinajstić information content (AvgIpc) is 2.25. The van der Waals surface area contributed by atoms with Crippen LogP contribution in [0.25, 0.3) is 0 Å². The van der Waals surface area contributed by atoms with E-state index in [0.29, 0.717) is 5.02 Å². The van der Waals surface area contributed by atoms with E-state index in [9.17, 15) is 14.9 Å². The lowest BCUT2D eigenvalue weighted by Gasteiger charge is -2.31. The first-order chi connectivity index (χ1) is 9.11. The van der Waals surface area contributed by atoms with E-state index in [0.717, 1.165) is 0 Å². The van der Waals surface area contributed by atoms with Gasteiger partial charge >= 0.3 is 5.97 Å². The molecule has 1 aromatic carbocycles. The number of nitrogens with one attached hydrogen (secondary N) is 1. The molecule has 20 heavy (non-hydrogen) atoms. The fourth-order valence-electron chi connectivity index (χ4n) is 1.72. The zero-order valence-corrected chi connectivity index (χ0v) is 12.3. The minimum absolute atomic E-state index is 0.131. The van der Waals surface area contributed by atoms with Gasteiger partial charge < -0.3 is 10.4 Å². The molecule has 0 saturated carbocycles. The molecule has 0 aliphatic heterocycles. The number of halogens is 1. The van der Waals surface area contributed by atoms with Crippen molar-refractivity contribution in [3.05, 3.63) is 33.3 Å². The van der Waals surface area contributed by atoms with Gasteiger partial charge in [-0.25, -0.2) is 0 Å². The van der Waals surface area contributed by atoms with E-state index < -0.39 is 16.9 Å². The molecule has 110 valence electrons. The lowest BCUT2D eigenvalue weighted by atomic mass is 9.84. The Hall–Kier alpha value is -1.82. The van der Waals surface area contributed by atoms with Crippen molar-refractivity contribution >= 4 is 28.9 Å². The first kappa shape index (κ1) is 16.2. The molecule has 0 radical (unpaired) electrons. The Morgan fingerprint density at radius 3 is 2.55 bits per heavy atom. The Bertz CT molecular complexity index is 526. The van der Waals surface area contributed by atoms with E-state index in [2.05, 4.69) is 5.32 Å². The highest BCUT2D eigenvalue weighted by atomic mass is 35.5. The summed E-state index contributed by atoms with van der Waals surface area (Å²) in [7, 11) is 0. The van der Waals surface area contributed by atoms with Gasteiger partial charge in [0.05, 0.1) is 11.3 Å². The Morgan fingerprint density at radius 1 is 1.50 bits per heavy atom. The highest BCUT2D eigenvalue weighted by molar-refractivity contribution is 6.31. The van der Waals surface area contributed by atoms with Crippen LogP contribution < -0.4 is 5.32 Å². The van der Waals surface area contributed by atoms with Gasteiger partial charge in [0.1, 0.15) is 5.69 Å². The lowest BCUT2D eigenvalue weighted by molar-refractivity contribution is -0.384. The number of rotatable bonds is 5. The van der Waals surface area contributed by atoms with E-state index in [-0.39, 0.29) is 23.2 Å². The van der Waals surface area contributed by atoms with Gasteiger partial charge in [-0.2, -0.15) is 0 Å². The molecular formula is C13H17ClN2O4. The van der Waals surface area contributed by atoms with E-state index in [1.807, 2.05) is 20.8 Å². The molecule has 0 amide bonds. The highest BCUT2D eigenvalue weighted by Crippen LogP contribution is 2.32. The van der Waals surface area contributed by atoms with E-state index >= 15 is 0 Å². The SMILES string of the molecule is CC(C)(C)[C@H](CC(=O)O)Nc1cc(Cl)ccc1[N+](=O)[O-]. The van der Waals surface area contributed by atoms with Crippen LogP contribution in [0, 0.1) is 15.5 Å². The van der Waals surface area contributed by atoms with Gasteiger partial charge in [-0.1, -0.05) is 32.4 Å². The third kappa shape index (κ3) is 4.38. The largest absolute Gasteiger partial charge is 0.481 e. The Morgan fingerprint density at radius 2 is 2.10 bits per heavy atom. The summed E-state index contributed by atoms with van der Waals surface area (Å²) in [6.45, 7) is 5.60. The fourth-order valence-corrected chi connectivity index (χ4v) is 1.89. The molecule has 0 bridgehead atoms. The molecule has 1 rings (SSSR count). The summed E-state index contributed by atoms with van der Waals surface area (Å²) >= 11 is 5.85. The maximum Gasteiger partial charge on any atom is 0.305 e. The quantitative estimate of drug-likeness (QED) is 0.641. The van der Waals surface area contributed by atoms with Crippen LogP contribution >= 0.6 is 11.6 Å². The average molecular weight is 301 g/mol. The molecule has 0 saturated heterocycles. The number of hydrogen-bond donors (Lipinski definition) is 2. The molecule has 6 nitrogen and oxygen atoms in total. The first-order valence-corrected chi connectivity index (χ1v) is 6.41. The molecule has 0 fully saturated rings. The van der Waals surface area contributed by atoms with Crippen molar-refractivity contribution in [2.75, 3.05) is 5.32 Å². The Labute approximate surface area is 121 Å². The first-order valence-electron chi connectivity index (χ1n) is 6.03. The highest BCUT2D eigenvalue weighted by Gasteiger charge is 2.29. The number of nitro benzene ring substituents is 1. The fraction of sp³-hybridized carbons (Fsp3) is 0.462. The zero-order chi connectivity index (χ0) is 15.5. The van der Waals surface area contributed by atoms with Gasteiger partial charge in [-0.05, 0) is 17.5 Å². The van der Waals surface area contributed by atoms with Crippen LogP contribution in [-0.2, 0) is 4.79 Å². The molecule has 1 aromatic rings. The third-order valence-corrected chi connectivity index (χ3v) is 3.14. The molecule has 0 unspecified atom stereocenters. The minimum Gasteiger partial charge on any atom is -0.481 e. The number of nitro groups is 1. The monoisotopic (exact) mass is 300 g/mol. The summed E-state index contributed by atoms with van der Waals surface area (Å²) in [5.41, 5.74) is -0.285. The molecule has 0 aliphatic rings. The van der Waals surface area contributed by atoms with Gasteiger partial charge in [0, 0.05) is 17.1 Å². The van der Waals surface area contributed by atoms with Crippen molar-refractivity contribution in [2.45, 2.75) is 33.2 Å². The van der Waals surface area contributed by atoms with Crippen molar-refractivity contribution < 1.29 is 14.8 Å². The van der Waals surface area contributed by atoms with Crippen molar-refractivity contribution in [1.82, 2.24) is 0 Å². The van der Waals surface area contributed by atoms with Crippen LogP contribution in [0.5, 0.6) is 0 Å². The standard InChI is InChI=1S/C13H17ClN2O4/c1-13(2,3)11(7-12(17)18)15-9-6-8(14)4-5-10(9)16(19)20/h4-6,11,15H,7H2,1-3H3,(H,17,18)/t11-/m0/s1. The topological polar surface area (TPSA) is 92.5 Å².